The zero-order valence-corrected chi connectivity index (χ0v) is 12.1. The Morgan fingerprint density at radius 3 is 2.58 bits per heavy atom. The molecule has 2 bridgehead atoms. The van der Waals surface area contributed by atoms with Crippen molar-refractivity contribution in [2.24, 2.45) is 0 Å². The van der Waals surface area contributed by atoms with Crippen LogP contribution in [0.1, 0.15) is 25.7 Å². The Balaban J connectivity index is 0.00000133. The lowest BCUT2D eigenvalue weighted by molar-refractivity contribution is 0.000101. The highest BCUT2D eigenvalue weighted by atomic mass is 35.5. The van der Waals surface area contributed by atoms with E-state index >= 15 is 0 Å². The van der Waals surface area contributed by atoms with E-state index in [1.165, 1.54) is 0 Å². The highest BCUT2D eigenvalue weighted by Crippen LogP contribution is 2.39. The number of rotatable bonds is 2. The maximum absolute atomic E-state index is 12.6. The first-order valence-corrected chi connectivity index (χ1v) is 7.86. The lowest BCUT2D eigenvalue weighted by Crippen LogP contribution is -2.53. The van der Waals surface area contributed by atoms with Crippen molar-refractivity contribution in [3.8, 4) is 0 Å². The minimum atomic E-state index is -3.46. The van der Waals surface area contributed by atoms with Crippen LogP contribution in [0.5, 0.6) is 0 Å². The van der Waals surface area contributed by atoms with Crippen molar-refractivity contribution in [2.45, 2.75) is 47.6 Å². The zero-order chi connectivity index (χ0) is 12.8. The van der Waals surface area contributed by atoms with Crippen molar-refractivity contribution >= 4 is 22.2 Å². The van der Waals surface area contributed by atoms with Gasteiger partial charge in [-0.3, -0.25) is 5.32 Å². The Bertz CT molecular complexity index is 548. The number of sulfone groups is 1. The molecule has 2 saturated heterocycles. The van der Waals surface area contributed by atoms with Gasteiger partial charge in [0.2, 0.25) is 0 Å². The van der Waals surface area contributed by atoms with Gasteiger partial charge < -0.3 is 5.11 Å². The number of piperidine rings is 1. The number of benzene rings is 1. The molecule has 0 saturated carbocycles. The Kier molecular flexibility index (Phi) is 3.93. The summed E-state index contributed by atoms with van der Waals surface area (Å²) >= 11 is 0. The van der Waals surface area contributed by atoms with Gasteiger partial charge in [0, 0.05) is 6.04 Å². The molecule has 0 aromatic heterocycles. The molecule has 2 aliphatic rings. The van der Waals surface area contributed by atoms with Gasteiger partial charge in [-0.1, -0.05) is 18.2 Å². The normalized spacial score (nSPS) is 33.7. The first kappa shape index (κ1) is 14.8. The summed E-state index contributed by atoms with van der Waals surface area (Å²) in [6.07, 6.45) is 2.85. The van der Waals surface area contributed by atoms with E-state index in [2.05, 4.69) is 5.32 Å². The van der Waals surface area contributed by atoms with E-state index in [0.717, 1.165) is 12.8 Å². The van der Waals surface area contributed by atoms with Gasteiger partial charge in [0.25, 0.3) is 0 Å². The predicted molar refractivity (Wildman–Crippen MR) is 75.0 cm³/mol. The molecule has 0 amide bonds. The van der Waals surface area contributed by atoms with Crippen LogP contribution in [0.15, 0.2) is 35.2 Å². The van der Waals surface area contributed by atoms with Crippen molar-refractivity contribution in [3.05, 3.63) is 30.3 Å². The fraction of sp³-hybridized carbons (Fsp3) is 0.538. The average molecular weight is 304 g/mol. The molecule has 3 atom stereocenters. The molecule has 19 heavy (non-hydrogen) atoms. The van der Waals surface area contributed by atoms with Crippen molar-refractivity contribution in [2.75, 3.05) is 0 Å². The van der Waals surface area contributed by atoms with Crippen molar-refractivity contribution in [1.29, 1.82) is 0 Å². The highest BCUT2D eigenvalue weighted by Gasteiger charge is 2.54. The number of fused-ring (bicyclic) bond motifs is 2. The molecule has 6 heteroatoms. The summed E-state index contributed by atoms with van der Waals surface area (Å²) in [6, 6.07) is 8.55. The fourth-order valence-corrected chi connectivity index (χ4v) is 5.21. The number of aliphatic hydroxyl groups is 1. The third-order valence-electron chi connectivity index (χ3n) is 4.04. The van der Waals surface area contributed by atoms with Crippen LogP contribution in [0.3, 0.4) is 0 Å². The topological polar surface area (TPSA) is 66.4 Å². The minimum Gasteiger partial charge on any atom is -0.374 e. The summed E-state index contributed by atoms with van der Waals surface area (Å²) in [5.74, 6) is 0. The molecule has 1 aromatic rings. The Hall–Kier alpha value is -0.620. The molecular formula is C13H18ClNO3S. The molecule has 3 rings (SSSR count). The summed E-state index contributed by atoms with van der Waals surface area (Å²) < 4.78 is 25.2. The highest BCUT2D eigenvalue weighted by molar-refractivity contribution is 7.92. The second-order valence-electron chi connectivity index (χ2n) is 5.24. The molecule has 2 aliphatic heterocycles. The van der Waals surface area contributed by atoms with E-state index in [-0.39, 0.29) is 18.4 Å². The van der Waals surface area contributed by atoms with Gasteiger partial charge in [0.05, 0.1) is 4.90 Å². The van der Waals surface area contributed by atoms with Crippen molar-refractivity contribution in [3.63, 3.8) is 0 Å². The van der Waals surface area contributed by atoms with Gasteiger partial charge >= 0.3 is 0 Å². The summed E-state index contributed by atoms with van der Waals surface area (Å²) in [6.45, 7) is 0. The van der Waals surface area contributed by atoms with Crippen LogP contribution in [-0.2, 0) is 9.84 Å². The third kappa shape index (κ3) is 2.40. The van der Waals surface area contributed by atoms with Crippen LogP contribution in [0.2, 0.25) is 0 Å². The van der Waals surface area contributed by atoms with Gasteiger partial charge in [-0.15, -0.1) is 12.4 Å². The van der Waals surface area contributed by atoms with Gasteiger partial charge in [0.1, 0.15) is 11.0 Å². The first-order valence-electron chi connectivity index (χ1n) is 6.31. The molecule has 0 aliphatic carbocycles. The maximum Gasteiger partial charge on any atom is 0.185 e. The van der Waals surface area contributed by atoms with Crippen LogP contribution < -0.4 is 5.32 Å². The Labute approximate surface area is 119 Å². The summed E-state index contributed by atoms with van der Waals surface area (Å²) in [5.41, 5.74) is -1.24. The lowest BCUT2D eigenvalue weighted by atomic mass is 10.0. The van der Waals surface area contributed by atoms with E-state index in [4.69, 9.17) is 0 Å². The second kappa shape index (κ2) is 5.05. The van der Waals surface area contributed by atoms with E-state index in [1.54, 1.807) is 30.3 Å². The molecule has 2 heterocycles. The van der Waals surface area contributed by atoms with Crippen LogP contribution in [0.4, 0.5) is 0 Å². The fourth-order valence-electron chi connectivity index (χ4n) is 3.16. The Morgan fingerprint density at radius 1 is 1.26 bits per heavy atom. The lowest BCUT2D eigenvalue weighted by Gasteiger charge is -2.32. The molecule has 2 fully saturated rings. The largest absolute Gasteiger partial charge is 0.374 e. The van der Waals surface area contributed by atoms with E-state index in [0.29, 0.717) is 17.7 Å². The van der Waals surface area contributed by atoms with Gasteiger partial charge in [-0.2, -0.15) is 0 Å². The third-order valence-corrected chi connectivity index (χ3v) is 6.30. The molecular weight excluding hydrogens is 286 g/mol. The second-order valence-corrected chi connectivity index (χ2v) is 7.37. The van der Waals surface area contributed by atoms with Crippen LogP contribution in [0, 0.1) is 0 Å². The van der Waals surface area contributed by atoms with Crippen LogP contribution in [0.25, 0.3) is 0 Å². The molecule has 2 N–H and O–H groups in total. The summed E-state index contributed by atoms with van der Waals surface area (Å²) in [4.78, 5) is 0.303. The first-order chi connectivity index (χ1) is 8.52. The van der Waals surface area contributed by atoms with E-state index in [1.807, 2.05) is 0 Å². The maximum atomic E-state index is 12.6. The number of hydrogen-bond donors (Lipinski definition) is 2. The standard InChI is InChI=1S/C13H17NO3S.ClH/c15-13-8-4-5-10(14-13)9-12(13)18(16,17)11-6-2-1-3-7-11;/h1-3,6-7,10,12,14-15H,4-5,8-9H2;1H. The van der Waals surface area contributed by atoms with Crippen LogP contribution >= 0.6 is 12.4 Å². The van der Waals surface area contributed by atoms with Crippen molar-refractivity contribution < 1.29 is 13.5 Å². The summed E-state index contributed by atoms with van der Waals surface area (Å²) in [5, 5.41) is 12.8. The molecule has 4 nitrogen and oxygen atoms in total. The molecule has 0 spiro atoms. The molecule has 0 radical (unpaired) electrons. The van der Waals surface area contributed by atoms with E-state index in [9.17, 15) is 13.5 Å². The van der Waals surface area contributed by atoms with Gasteiger partial charge in [-0.05, 0) is 37.8 Å². The summed E-state index contributed by atoms with van der Waals surface area (Å²) in [7, 11) is -3.46. The number of nitrogens with one attached hydrogen (secondary N) is 1. The SMILES string of the molecule is Cl.O=S(=O)(c1ccccc1)C1CC2CCCC1(O)N2. The monoisotopic (exact) mass is 303 g/mol. The predicted octanol–water partition coefficient (Wildman–Crippen LogP) is 1.49. The average Bonchev–Trinajstić information content (AvgIpc) is 2.60. The smallest absolute Gasteiger partial charge is 0.185 e. The quantitative estimate of drug-likeness (QED) is 0.868. The number of halogens is 1. The zero-order valence-electron chi connectivity index (χ0n) is 10.5. The molecule has 1 aromatic carbocycles. The van der Waals surface area contributed by atoms with E-state index < -0.39 is 20.8 Å². The molecule has 106 valence electrons. The van der Waals surface area contributed by atoms with Gasteiger partial charge in [-0.25, -0.2) is 8.42 Å². The van der Waals surface area contributed by atoms with Crippen molar-refractivity contribution in [1.82, 2.24) is 5.32 Å². The Morgan fingerprint density at radius 2 is 1.95 bits per heavy atom. The van der Waals surface area contributed by atoms with Gasteiger partial charge in [0.15, 0.2) is 9.84 Å². The minimum absolute atomic E-state index is 0. The van der Waals surface area contributed by atoms with Crippen LogP contribution in [-0.4, -0.2) is 30.5 Å². The molecule has 3 unspecified atom stereocenters. The number of hydrogen-bond acceptors (Lipinski definition) is 4.